The molecule has 13 heavy (non-hydrogen) atoms. The van der Waals surface area contributed by atoms with Crippen molar-refractivity contribution in [2.75, 3.05) is 13.7 Å². The molecule has 1 heterocycles. The zero-order chi connectivity index (χ0) is 9.84. The van der Waals surface area contributed by atoms with E-state index in [9.17, 15) is 4.79 Å². The van der Waals surface area contributed by atoms with Crippen LogP contribution in [0.25, 0.3) is 0 Å². The summed E-state index contributed by atoms with van der Waals surface area (Å²) >= 11 is 4.49. The first-order chi connectivity index (χ1) is 6.13. The number of thiophene rings is 1. The standard InChI is InChI=1S/C7H7BrO4S/c1-11-7-4(8)2-6(13-7)12-3-5(9)10/h2H,3H2,1H3,(H,9,10). The molecule has 1 N–H and O–H groups in total. The third-order valence-corrected chi connectivity index (χ3v) is 3.02. The van der Waals surface area contributed by atoms with Gasteiger partial charge >= 0.3 is 5.97 Å². The summed E-state index contributed by atoms with van der Waals surface area (Å²) in [7, 11) is 1.54. The van der Waals surface area contributed by atoms with Gasteiger partial charge in [-0.25, -0.2) is 4.79 Å². The molecule has 1 aromatic rings. The fourth-order valence-electron chi connectivity index (χ4n) is 0.675. The minimum absolute atomic E-state index is 0.337. The Bertz CT molecular complexity index is 309. The average molecular weight is 267 g/mol. The summed E-state index contributed by atoms with van der Waals surface area (Å²) in [5.41, 5.74) is 0. The lowest BCUT2D eigenvalue weighted by molar-refractivity contribution is -0.139. The summed E-state index contributed by atoms with van der Waals surface area (Å²) in [5, 5.41) is 9.53. The molecule has 0 radical (unpaired) electrons. The van der Waals surface area contributed by atoms with Crippen molar-refractivity contribution in [1.82, 2.24) is 0 Å². The van der Waals surface area contributed by atoms with Crippen LogP contribution in [0.4, 0.5) is 0 Å². The quantitative estimate of drug-likeness (QED) is 0.906. The second-order valence-electron chi connectivity index (χ2n) is 2.09. The van der Waals surface area contributed by atoms with Crippen LogP contribution in [0.1, 0.15) is 0 Å². The molecule has 0 aromatic carbocycles. The summed E-state index contributed by atoms with van der Waals surface area (Å²) < 4.78 is 10.7. The van der Waals surface area contributed by atoms with Gasteiger partial charge in [0.1, 0.15) is 0 Å². The van der Waals surface area contributed by atoms with E-state index in [0.717, 1.165) is 4.47 Å². The van der Waals surface area contributed by atoms with E-state index >= 15 is 0 Å². The maximum Gasteiger partial charge on any atom is 0.341 e. The first-order valence-electron chi connectivity index (χ1n) is 3.31. The molecule has 0 spiro atoms. The van der Waals surface area contributed by atoms with Crippen molar-refractivity contribution < 1.29 is 19.4 Å². The van der Waals surface area contributed by atoms with Crippen LogP contribution in [0.2, 0.25) is 0 Å². The monoisotopic (exact) mass is 266 g/mol. The molecule has 0 atom stereocenters. The second-order valence-corrected chi connectivity index (χ2v) is 3.92. The highest BCUT2D eigenvalue weighted by Crippen LogP contribution is 2.39. The molecule has 4 nitrogen and oxygen atoms in total. The van der Waals surface area contributed by atoms with Gasteiger partial charge in [0.05, 0.1) is 11.6 Å². The second kappa shape index (κ2) is 4.48. The van der Waals surface area contributed by atoms with Gasteiger partial charge in [0.15, 0.2) is 16.7 Å². The zero-order valence-electron chi connectivity index (χ0n) is 6.74. The minimum atomic E-state index is -0.997. The van der Waals surface area contributed by atoms with Crippen molar-refractivity contribution in [2.24, 2.45) is 0 Å². The van der Waals surface area contributed by atoms with E-state index in [4.69, 9.17) is 14.6 Å². The molecule has 0 aliphatic carbocycles. The first kappa shape index (κ1) is 10.3. The van der Waals surface area contributed by atoms with Crippen molar-refractivity contribution in [3.8, 4) is 10.1 Å². The van der Waals surface area contributed by atoms with E-state index in [0.29, 0.717) is 10.1 Å². The highest BCUT2D eigenvalue weighted by Gasteiger charge is 2.08. The molecule has 1 rings (SSSR count). The Morgan fingerprint density at radius 3 is 2.92 bits per heavy atom. The Balaban J connectivity index is 2.62. The Hall–Kier alpha value is -0.750. The zero-order valence-corrected chi connectivity index (χ0v) is 9.15. The Kier molecular flexibility index (Phi) is 3.56. The number of halogens is 1. The van der Waals surface area contributed by atoms with Crippen LogP contribution in [-0.2, 0) is 4.79 Å². The fraction of sp³-hybridized carbons (Fsp3) is 0.286. The van der Waals surface area contributed by atoms with E-state index in [-0.39, 0.29) is 6.61 Å². The van der Waals surface area contributed by atoms with Crippen LogP contribution in [0, 0.1) is 0 Å². The molecule has 0 aliphatic rings. The van der Waals surface area contributed by atoms with Crippen LogP contribution >= 0.6 is 27.3 Å². The van der Waals surface area contributed by atoms with Gasteiger partial charge in [-0.05, 0) is 15.9 Å². The smallest absolute Gasteiger partial charge is 0.341 e. The van der Waals surface area contributed by atoms with Crippen LogP contribution < -0.4 is 9.47 Å². The fourth-order valence-corrected chi connectivity index (χ4v) is 2.16. The number of carboxylic acid groups (broad SMARTS) is 1. The number of hydrogen-bond acceptors (Lipinski definition) is 4. The molecule has 0 saturated heterocycles. The van der Waals surface area contributed by atoms with Gasteiger partial charge in [0.25, 0.3) is 0 Å². The molecular formula is C7H7BrO4S. The molecule has 0 fully saturated rings. The number of carboxylic acids is 1. The van der Waals surface area contributed by atoms with Crippen LogP contribution in [-0.4, -0.2) is 24.8 Å². The van der Waals surface area contributed by atoms with Crippen LogP contribution in [0.5, 0.6) is 10.1 Å². The first-order valence-corrected chi connectivity index (χ1v) is 4.92. The van der Waals surface area contributed by atoms with E-state index in [1.54, 1.807) is 6.07 Å². The molecular weight excluding hydrogens is 260 g/mol. The summed E-state index contributed by atoms with van der Waals surface area (Å²) in [6.45, 7) is -0.337. The number of ether oxygens (including phenoxy) is 2. The van der Waals surface area contributed by atoms with Crippen LogP contribution in [0.3, 0.4) is 0 Å². The maximum absolute atomic E-state index is 10.2. The van der Waals surface area contributed by atoms with E-state index in [1.165, 1.54) is 18.4 Å². The number of aliphatic carboxylic acids is 1. The molecule has 0 unspecified atom stereocenters. The molecule has 0 aliphatic heterocycles. The van der Waals surface area contributed by atoms with Gasteiger partial charge in [-0.1, -0.05) is 11.3 Å². The third-order valence-electron chi connectivity index (χ3n) is 1.16. The summed E-state index contributed by atoms with van der Waals surface area (Å²) in [6.07, 6.45) is 0. The van der Waals surface area contributed by atoms with Gasteiger partial charge in [0.2, 0.25) is 0 Å². The lowest BCUT2D eigenvalue weighted by atomic mass is 10.6. The topological polar surface area (TPSA) is 55.8 Å². The number of rotatable bonds is 4. The molecule has 0 amide bonds. The van der Waals surface area contributed by atoms with Crippen molar-refractivity contribution >= 4 is 33.2 Å². The number of hydrogen-bond donors (Lipinski definition) is 1. The van der Waals surface area contributed by atoms with Gasteiger partial charge in [-0.2, -0.15) is 0 Å². The molecule has 72 valence electrons. The number of methoxy groups -OCH3 is 1. The van der Waals surface area contributed by atoms with Gasteiger partial charge in [-0.15, -0.1) is 0 Å². The average Bonchev–Trinajstić information content (AvgIpc) is 2.43. The van der Waals surface area contributed by atoms with Gasteiger partial charge < -0.3 is 14.6 Å². The number of carbonyl (C=O) groups is 1. The maximum atomic E-state index is 10.2. The van der Waals surface area contributed by atoms with E-state index < -0.39 is 5.97 Å². The highest BCUT2D eigenvalue weighted by atomic mass is 79.9. The van der Waals surface area contributed by atoms with Crippen molar-refractivity contribution in [3.63, 3.8) is 0 Å². The van der Waals surface area contributed by atoms with Crippen molar-refractivity contribution in [1.29, 1.82) is 0 Å². The Labute approximate surface area is 87.2 Å². The summed E-state index contributed by atoms with van der Waals surface area (Å²) in [6, 6.07) is 1.67. The molecule has 0 bridgehead atoms. The molecule has 6 heteroatoms. The third kappa shape index (κ3) is 2.89. The molecule has 0 saturated carbocycles. The van der Waals surface area contributed by atoms with Crippen molar-refractivity contribution in [2.45, 2.75) is 0 Å². The molecule has 1 aromatic heterocycles. The lowest BCUT2D eigenvalue weighted by Crippen LogP contribution is -2.08. The summed E-state index contributed by atoms with van der Waals surface area (Å²) in [5.74, 6) is -0.997. The minimum Gasteiger partial charge on any atom is -0.486 e. The van der Waals surface area contributed by atoms with Gasteiger partial charge in [-0.3, -0.25) is 0 Å². The normalized spacial score (nSPS) is 9.69. The highest BCUT2D eigenvalue weighted by molar-refractivity contribution is 9.10. The Morgan fingerprint density at radius 1 is 1.77 bits per heavy atom. The van der Waals surface area contributed by atoms with Crippen molar-refractivity contribution in [3.05, 3.63) is 10.5 Å². The van der Waals surface area contributed by atoms with E-state index in [1.807, 2.05) is 0 Å². The predicted molar refractivity (Wildman–Crippen MR) is 51.7 cm³/mol. The van der Waals surface area contributed by atoms with Gasteiger partial charge in [0, 0.05) is 6.07 Å². The predicted octanol–water partition coefficient (Wildman–Crippen LogP) is 1.98. The van der Waals surface area contributed by atoms with E-state index in [2.05, 4.69) is 15.9 Å². The Morgan fingerprint density at radius 2 is 2.46 bits per heavy atom. The lowest BCUT2D eigenvalue weighted by Gasteiger charge is -1.96. The van der Waals surface area contributed by atoms with Crippen LogP contribution in [0.15, 0.2) is 10.5 Å². The summed E-state index contributed by atoms with van der Waals surface area (Å²) in [4.78, 5) is 10.2. The SMILES string of the molecule is COc1sc(OCC(=O)O)cc1Br. The largest absolute Gasteiger partial charge is 0.486 e.